The Morgan fingerprint density at radius 3 is 1.03 bits per heavy atom. The summed E-state index contributed by atoms with van der Waals surface area (Å²) in [5.41, 5.74) is 0. The Morgan fingerprint density at radius 2 is 0.635 bits per heavy atom. The minimum Gasteiger partial charge on any atom is -0.462 e. The molecule has 1 atom stereocenters. The second-order valence-corrected chi connectivity index (χ2v) is 16.0. The lowest BCUT2D eigenvalue weighted by Gasteiger charge is -2.18. The molecule has 0 N–H and O–H groups in total. The molecule has 0 saturated carbocycles. The number of esters is 3. The summed E-state index contributed by atoms with van der Waals surface area (Å²) in [5, 5.41) is 0. The zero-order valence-corrected chi connectivity index (χ0v) is 40.3. The molecule has 0 rings (SSSR count). The van der Waals surface area contributed by atoms with Gasteiger partial charge in [0.05, 0.1) is 0 Å². The van der Waals surface area contributed by atoms with Gasteiger partial charge in [0.2, 0.25) is 0 Å². The van der Waals surface area contributed by atoms with E-state index in [9.17, 15) is 14.4 Å². The molecule has 0 aliphatic rings. The molecule has 0 aliphatic carbocycles. The highest BCUT2D eigenvalue weighted by atomic mass is 16.6. The van der Waals surface area contributed by atoms with Gasteiger partial charge in [0, 0.05) is 19.3 Å². The maximum Gasteiger partial charge on any atom is 0.306 e. The summed E-state index contributed by atoms with van der Waals surface area (Å²) in [7, 11) is 0. The van der Waals surface area contributed by atoms with Crippen LogP contribution < -0.4 is 0 Å². The van der Waals surface area contributed by atoms with Gasteiger partial charge in [0.15, 0.2) is 6.10 Å². The molecular weight excluding hydrogens is 781 g/mol. The molecule has 0 radical (unpaired) electrons. The Bertz CT molecular complexity index is 1370. The van der Waals surface area contributed by atoms with Crippen molar-refractivity contribution in [3.05, 3.63) is 122 Å². The van der Waals surface area contributed by atoms with Crippen LogP contribution in [-0.4, -0.2) is 37.2 Å². The molecule has 0 fully saturated rings. The van der Waals surface area contributed by atoms with Gasteiger partial charge in [-0.05, 0) is 103 Å². The summed E-state index contributed by atoms with van der Waals surface area (Å²) >= 11 is 0. The third-order valence-corrected chi connectivity index (χ3v) is 9.96. The Labute approximate surface area is 386 Å². The van der Waals surface area contributed by atoms with Crippen molar-refractivity contribution >= 4 is 17.9 Å². The third-order valence-electron chi connectivity index (χ3n) is 9.96. The predicted molar refractivity (Wildman–Crippen MR) is 269 cm³/mol. The molecule has 0 heterocycles. The maximum absolute atomic E-state index is 12.7. The molecule has 0 amide bonds. The smallest absolute Gasteiger partial charge is 0.306 e. The standard InChI is InChI=1S/C57H90O6/c1-4-7-10-13-16-18-20-22-24-25-26-27-28-29-30-31-33-34-36-38-41-44-47-50-56(59)62-53-54(52-61-55(58)49-46-43-40-15-12-9-6-3)63-57(60)51-48-45-42-39-37-35-32-23-21-19-17-14-11-8-5-2/h7-8,10-11,16-19,22-24,26-27,29-30,32-34,38,41,54H,4-6,9,12-15,20-21,25,28,31,35-37,39-40,42-53H2,1-3H3/b10-7-,11-8-,18-16-,19-17-,24-22-,27-26-,30-29-,32-23-,34-33-,41-38-. The van der Waals surface area contributed by atoms with Crippen molar-refractivity contribution in [1.29, 1.82) is 0 Å². The molecule has 0 bridgehead atoms. The molecule has 0 saturated heterocycles. The van der Waals surface area contributed by atoms with Crippen LogP contribution in [0.4, 0.5) is 0 Å². The van der Waals surface area contributed by atoms with Crippen molar-refractivity contribution in [2.75, 3.05) is 13.2 Å². The van der Waals surface area contributed by atoms with E-state index in [4.69, 9.17) is 14.2 Å². The van der Waals surface area contributed by atoms with Crippen LogP contribution in [0.2, 0.25) is 0 Å². The first-order valence-corrected chi connectivity index (χ1v) is 25.0. The summed E-state index contributed by atoms with van der Waals surface area (Å²) in [6, 6.07) is 0. The zero-order chi connectivity index (χ0) is 45.8. The molecule has 354 valence electrons. The summed E-state index contributed by atoms with van der Waals surface area (Å²) in [6.45, 7) is 6.28. The topological polar surface area (TPSA) is 78.9 Å². The predicted octanol–water partition coefficient (Wildman–Crippen LogP) is 16.5. The Kier molecular flexibility index (Phi) is 47.1. The summed E-state index contributed by atoms with van der Waals surface area (Å²) in [4.78, 5) is 37.7. The average molecular weight is 871 g/mol. The molecule has 0 aliphatic heterocycles. The van der Waals surface area contributed by atoms with Crippen molar-refractivity contribution in [2.24, 2.45) is 0 Å². The molecule has 0 aromatic carbocycles. The lowest BCUT2D eigenvalue weighted by Crippen LogP contribution is -2.30. The minimum atomic E-state index is -0.810. The lowest BCUT2D eigenvalue weighted by molar-refractivity contribution is -0.167. The Morgan fingerprint density at radius 1 is 0.333 bits per heavy atom. The first-order chi connectivity index (χ1) is 31.0. The van der Waals surface area contributed by atoms with Gasteiger partial charge in [0.1, 0.15) is 13.2 Å². The minimum absolute atomic E-state index is 0.106. The van der Waals surface area contributed by atoms with E-state index in [1.54, 1.807) is 0 Å². The van der Waals surface area contributed by atoms with Crippen molar-refractivity contribution < 1.29 is 28.6 Å². The van der Waals surface area contributed by atoms with Crippen molar-refractivity contribution in [1.82, 2.24) is 0 Å². The molecule has 0 aromatic heterocycles. The van der Waals surface area contributed by atoms with E-state index in [2.05, 4.69) is 142 Å². The van der Waals surface area contributed by atoms with Crippen LogP contribution in [-0.2, 0) is 28.6 Å². The number of hydrogen-bond acceptors (Lipinski definition) is 6. The number of ether oxygens (including phenoxy) is 3. The van der Waals surface area contributed by atoms with Gasteiger partial charge in [-0.25, -0.2) is 0 Å². The van der Waals surface area contributed by atoms with E-state index in [-0.39, 0.29) is 37.5 Å². The van der Waals surface area contributed by atoms with Crippen LogP contribution in [0.25, 0.3) is 0 Å². The highest BCUT2D eigenvalue weighted by Gasteiger charge is 2.19. The number of hydrogen-bond donors (Lipinski definition) is 0. The molecular formula is C57H90O6. The fourth-order valence-electron chi connectivity index (χ4n) is 6.27. The van der Waals surface area contributed by atoms with Gasteiger partial charge in [-0.3, -0.25) is 14.4 Å². The quantitative estimate of drug-likeness (QED) is 0.0263. The number of carbonyl (C=O) groups is 3. The summed E-state index contributed by atoms with van der Waals surface area (Å²) in [6.07, 6.45) is 69.2. The maximum atomic E-state index is 12.7. The molecule has 6 nitrogen and oxygen atoms in total. The molecule has 0 spiro atoms. The van der Waals surface area contributed by atoms with Crippen LogP contribution >= 0.6 is 0 Å². The van der Waals surface area contributed by atoms with Gasteiger partial charge in [-0.2, -0.15) is 0 Å². The monoisotopic (exact) mass is 871 g/mol. The highest BCUT2D eigenvalue weighted by molar-refractivity contribution is 5.71. The lowest BCUT2D eigenvalue weighted by atomic mass is 10.1. The van der Waals surface area contributed by atoms with Crippen LogP contribution in [0.3, 0.4) is 0 Å². The van der Waals surface area contributed by atoms with Crippen LogP contribution in [0, 0.1) is 0 Å². The first-order valence-electron chi connectivity index (χ1n) is 25.0. The third kappa shape index (κ3) is 48.7. The Balaban J connectivity index is 4.41. The van der Waals surface area contributed by atoms with Crippen molar-refractivity contribution in [3.63, 3.8) is 0 Å². The number of unbranched alkanes of at least 4 members (excludes halogenated alkanes) is 12. The van der Waals surface area contributed by atoms with E-state index in [1.165, 1.54) is 25.7 Å². The average Bonchev–Trinajstić information content (AvgIpc) is 3.28. The highest BCUT2D eigenvalue weighted by Crippen LogP contribution is 2.12. The summed E-state index contributed by atoms with van der Waals surface area (Å²) < 4.78 is 16.6. The van der Waals surface area contributed by atoms with Crippen LogP contribution in [0.1, 0.15) is 201 Å². The molecule has 0 aromatic rings. The van der Waals surface area contributed by atoms with Gasteiger partial charge >= 0.3 is 17.9 Å². The second-order valence-electron chi connectivity index (χ2n) is 16.0. The van der Waals surface area contributed by atoms with E-state index >= 15 is 0 Å². The first kappa shape index (κ1) is 58.8. The number of allylic oxidation sites excluding steroid dienone is 20. The zero-order valence-electron chi connectivity index (χ0n) is 40.3. The van der Waals surface area contributed by atoms with Gasteiger partial charge in [0.25, 0.3) is 0 Å². The molecule has 1 unspecified atom stereocenters. The number of carbonyl (C=O) groups excluding carboxylic acids is 3. The van der Waals surface area contributed by atoms with E-state index in [0.29, 0.717) is 19.3 Å². The van der Waals surface area contributed by atoms with E-state index < -0.39 is 6.10 Å². The SMILES string of the molecule is CC/C=C\C/C=C\C/C=C\C/C=C\C/C=C\C/C=C\C/C=C\CCCC(=O)OCC(COC(=O)CCCCCCCCC)OC(=O)CCCCCCC/C=C\C/C=C\C/C=C\CC. The number of rotatable bonds is 43. The van der Waals surface area contributed by atoms with Gasteiger partial charge < -0.3 is 14.2 Å². The second kappa shape index (κ2) is 50.5. The van der Waals surface area contributed by atoms with E-state index in [1.807, 2.05) is 0 Å². The van der Waals surface area contributed by atoms with Crippen LogP contribution in [0.5, 0.6) is 0 Å². The van der Waals surface area contributed by atoms with Gasteiger partial charge in [-0.15, -0.1) is 0 Å². The molecule has 6 heteroatoms. The fraction of sp³-hybridized carbons (Fsp3) is 0.596. The van der Waals surface area contributed by atoms with Gasteiger partial charge in [-0.1, -0.05) is 200 Å². The van der Waals surface area contributed by atoms with E-state index in [0.717, 1.165) is 128 Å². The largest absolute Gasteiger partial charge is 0.462 e. The van der Waals surface area contributed by atoms with Crippen molar-refractivity contribution in [3.8, 4) is 0 Å². The van der Waals surface area contributed by atoms with Crippen LogP contribution in [0.15, 0.2) is 122 Å². The Hall–Kier alpha value is -4.19. The fourth-order valence-corrected chi connectivity index (χ4v) is 6.27. The normalized spacial score (nSPS) is 13.1. The van der Waals surface area contributed by atoms with Crippen molar-refractivity contribution in [2.45, 2.75) is 207 Å². The summed E-state index contributed by atoms with van der Waals surface area (Å²) in [5.74, 6) is -1.00. The molecule has 63 heavy (non-hydrogen) atoms.